The highest BCUT2D eigenvalue weighted by Crippen LogP contribution is 2.20. The summed E-state index contributed by atoms with van der Waals surface area (Å²) in [5.41, 5.74) is 2.66. The van der Waals surface area contributed by atoms with Crippen LogP contribution in [-0.4, -0.2) is 18.0 Å². The van der Waals surface area contributed by atoms with Crippen molar-refractivity contribution < 1.29 is 13.0 Å². The molecule has 0 aliphatic heterocycles. The van der Waals surface area contributed by atoms with E-state index >= 15 is 0 Å². The minimum Gasteiger partial charge on any atom is -0.282 e. The van der Waals surface area contributed by atoms with Crippen LogP contribution in [0, 0.1) is 20.8 Å². The van der Waals surface area contributed by atoms with Crippen molar-refractivity contribution in [2.45, 2.75) is 25.7 Å². The van der Waals surface area contributed by atoms with Gasteiger partial charge in [-0.05, 0) is 44.5 Å². The average molecular weight is 335 g/mol. The van der Waals surface area contributed by atoms with Crippen LogP contribution in [0.25, 0.3) is 10.2 Å². The summed E-state index contributed by atoms with van der Waals surface area (Å²) in [5.74, 6) is 0. The van der Waals surface area contributed by atoms with Crippen LogP contribution in [0.3, 0.4) is 0 Å². The van der Waals surface area contributed by atoms with Crippen molar-refractivity contribution in [2.24, 2.45) is 0 Å². The van der Waals surface area contributed by atoms with Crippen LogP contribution in [-0.2, 0) is 10.1 Å². The van der Waals surface area contributed by atoms with E-state index in [0.717, 1.165) is 16.1 Å². The van der Waals surface area contributed by atoms with Gasteiger partial charge in [-0.2, -0.15) is 8.42 Å². The van der Waals surface area contributed by atoms with E-state index in [2.05, 4.69) is 11.1 Å². The molecule has 1 N–H and O–H groups in total. The van der Waals surface area contributed by atoms with Crippen molar-refractivity contribution in [3.8, 4) is 0 Å². The van der Waals surface area contributed by atoms with Gasteiger partial charge >= 0.3 is 0 Å². The molecule has 116 valence electrons. The normalized spacial score (nSPS) is 11.1. The Balaban J connectivity index is 0.000000162. The van der Waals surface area contributed by atoms with Crippen molar-refractivity contribution in [1.29, 1.82) is 0 Å². The summed E-state index contributed by atoms with van der Waals surface area (Å²) in [4.78, 5) is 4.31. The molecule has 0 saturated carbocycles. The highest BCUT2D eigenvalue weighted by atomic mass is 32.2. The van der Waals surface area contributed by atoms with E-state index in [0.29, 0.717) is 5.56 Å². The van der Waals surface area contributed by atoms with E-state index < -0.39 is 10.1 Å². The fourth-order valence-electron chi connectivity index (χ4n) is 2.08. The summed E-state index contributed by atoms with van der Waals surface area (Å²) in [6.45, 7) is 5.54. The van der Waals surface area contributed by atoms with Crippen LogP contribution in [0.15, 0.2) is 47.4 Å². The number of aromatic nitrogens is 1. The van der Waals surface area contributed by atoms with Crippen LogP contribution in [0.4, 0.5) is 0 Å². The first kappa shape index (κ1) is 16.6. The van der Waals surface area contributed by atoms with E-state index in [1.807, 2.05) is 32.0 Å². The number of para-hydroxylation sites is 1. The highest BCUT2D eigenvalue weighted by molar-refractivity contribution is 7.85. The average Bonchev–Trinajstić information content (AvgIpc) is 2.77. The zero-order valence-corrected chi connectivity index (χ0v) is 14.2. The number of thiazole rings is 1. The lowest BCUT2D eigenvalue weighted by atomic mass is 10.2. The molecular weight excluding hydrogens is 318 g/mol. The number of rotatable bonds is 1. The molecule has 0 aliphatic rings. The van der Waals surface area contributed by atoms with Crippen molar-refractivity contribution in [3.05, 3.63) is 58.6 Å². The molecule has 1 aromatic heterocycles. The third-order valence-corrected chi connectivity index (χ3v) is 4.97. The van der Waals surface area contributed by atoms with Crippen LogP contribution in [0.2, 0.25) is 0 Å². The lowest BCUT2D eigenvalue weighted by Gasteiger charge is -2.02. The molecule has 0 spiro atoms. The SMILES string of the molecule is Cc1ccc(S(=O)(=O)O)c(C)c1.Cc1nc2ccccc2s1. The minimum absolute atomic E-state index is 0.0203. The molecule has 3 rings (SSSR count). The molecule has 0 aliphatic carbocycles. The van der Waals surface area contributed by atoms with Gasteiger partial charge in [0, 0.05) is 0 Å². The van der Waals surface area contributed by atoms with E-state index in [4.69, 9.17) is 4.55 Å². The maximum absolute atomic E-state index is 10.7. The smallest absolute Gasteiger partial charge is 0.282 e. The maximum Gasteiger partial charge on any atom is 0.294 e. The third-order valence-electron chi connectivity index (χ3n) is 3.01. The molecule has 0 bridgehead atoms. The van der Waals surface area contributed by atoms with E-state index in [9.17, 15) is 8.42 Å². The molecule has 0 unspecified atom stereocenters. The number of hydrogen-bond acceptors (Lipinski definition) is 4. The Morgan fingerprint density at radius 3 is 2.32 bits per heavy atom. The van der Waals surface area contributed by atoms with Gasteiger partial charge in [-0.1, -0.05) is 29.8 Å². The standard InChI is InChI=1S/C8H7NS.C8H10O3S/c1-6-9-7-4-2-3-5-8(7)10-6;1-6-3-4-8(7(2)5-6)12(9,10)11/h2-5H,1H3;3-5H,1-2H3,(H,9,10,11). The molecule has 0 fully saturated rings. The van der Waals surface area contributed by atoms with E-state index in [1.165, 1.54) is 10.8 Å². The van der Waals surface area contributed by atoms with Gasteiger partial charge in [0.2, 0.25) is 0 Å². The van der Waals surface area contributed by atoms with Gasteiger partial charge in [-0.25, -0.2) is 4.98 Å². The fraction of sp³-hybridized carbons (Fsp3) is 0.188. The topological polar surface area (TPSA) is 67.3 Å². The second kappa shape index (κ2) is 6.56. The number of fused-ring (bicyclic) bond motifs is 1. The summed E-state index contributed by atoms with van der Waals surface area (Å²) in [5, 5.41) is 1.14. The first-order valence-corrected chi connectivity index (χ1v) is 8.90. The monoisotopic (exact) mass is 335 g/mol. The molecule has 0 radical (unpaired) electrons. The number of nitrogens with zero attached hydrogens (tertiary/aromatic N) is 1. The zero-order valence-electron chi connectivity index (χ0n) is 12.6. The Kier molecular flexibility index (Phi) is 4.95. The molecule has 4 nitrogen and oxygen atoms in total. The molecule has 3 aromatic rings. The Hall–Kier alpha value is -1.76. The zero-order chi connectivity index (χ0) is 16.3. The molecular formula is C16H17NO3S2. The molecule has 6 heteroatoms. The van der Waals surface area contributed by atoms with Crippen LogP contribution in [0.1, 0.15) is 16.1 Å². The van der Waals surface area contributed by atoms with E-state index in [-0.39, 0.29) is 4.90 Å². The molecule has 1 heterocycles. The molecule has 0 atom stereocenters. The van der Waals surface area contributed by atoms with Gasteiger partial charge in [0.15, 0.2) is 0 Å². The predicted molar refractivity (Wildman–Crippen MR) is 90.1 cm³/mol. The Labute approximate surface area is 134 Å². The molecule has 2 aromatic carbocycles. The van der Waals surface area contributed by atoms with Crippen LogP contribution in [0.5, 0.6) is 0 Å². The highest BCUT2D eigenvalue weighted by Gasteiger charge is 2.11. The van der Waals surface area contributed by atoms with Gasteiger partial charge in [0.1, 0.15) is 0 Å². The van der Waals surface area contributed by atoms with Crippen molar-refractivity contribution in [3.63, 3.8) is 0 Å². The first-order chi connectivity index (χ1) is 10.3. The summed E-state index contributed by atoms with van der Waals surface area (Å²) in [6.07, 6.45) is 0. The summed E-state index contributed by atoms with van der Waals surface area (Å²) in [6, 6.07) is 13.0. The minimum atomic E-state index is -4.05. The molecule has 0 saturated heterocycles. The second-order valence-corrected chi connectivity index (χ2v) is 7.57. The van der Waals surface area contributed by atoms with Crippen LogP contribution < -0.4 is 0 Å². The van der Waals surface area contributed by atoms with Gasteiger partial charge in [0.25, 0.3) is 10.1 Å². The molecule has 0 amide bonds. The lowest BCUT2D eigenvalue weighted by Crippen LogP contribution is -2.00. The van der Waals surface area contributed by atoms with Crippen LogP contribution >= 0.6 is 11.3 Å². The largest absolute Gasteiger partial charge is 0.294 e. The third kappa shape index (κ3) is 4.13. The summed E-state index contributed by atoms with van der Waals surface area (Å²) in [7, 11) is -4.05. The van der Waals surface area contributed by atoms with Crippen molar-refractivity contribution >= 4 is 31.7 Å². The molecule has 22 heavy (non-hydrogen) atoms. The second-order valence-electron chi connectivity index (χ2n) is 4.94. The van der Waals surface area contributed by atoms with Crippen molar-refractivity contribution in [2.75, 3.05) is 0 Å². The lowest BCUT2D eigenvalue weighted by molar-refractivity contribution is 0.482. The van der Waals surface area contributed by atoms with Gasteiger partial charge in [-0.15, -0.1) is 11.3 Å². The fourth-order valence-corrected chi connectivity index (χ4v) is 3.61. The first-order valence-electron chi connectivity index (χ1n) is 6.64. The van der Waals surface area contributed by atoms with E-state index in [1.54, 1.807) is 30.4 Å². The number of benzene rings is 2. The van der Waals surface area contributed by atoms with Gasteiger partial charge in [-0.3, -0.25) is 4.55 Å². The van der Waals surface area contributed by atoms with Gasteiger partial charge < -0.3 is 0 Å². The quantitative estimate of drug-likeness (QED) is 0.678. The summed E-state index contributed by atoms with van der Waals surface area (Å²) < 4.78 is 31.5. The maximum atomic E-state index is 10.7. The van der Waals surface area contributed by atoms with Crippen molar-refractivity contribution in [1.82, 2.24) is 4.98 Å². The Morgan fingerprint density at radius 2 is 1.73 bits per heavy atom. The number of aryl methyl sites for hydroxylation is 3. The predicted octanol–water partition coefficient (Wildman–Crippen LogP) is 4.15. The number of hydrogen-bond donors (Lipinski definition) is 1. The Bertz CT molecular complexity index is 866. The summed E-state index contributed by atoms with van der Waals surface area (Å²) >= 11 is 1.74. The van der Waals surface area contributed by atoms with Gasteiger partial charge in [0.05, 0.1) is 20.1 Å². The Morgan fingerprint density at radius 1 is 1.05 bits per heavy atom.